The van der Waals surface area contributed by atoms with Crippen LogP contribution in [0.25, 0.3) is 0 Å². The van der Waals surface area contributed by atoms with Crippen molar-refractivity contribution < 1.29 is 14.0 Å². The molecule has 0 bridgehead atoms. The van der Waals surface area contributed by atoms with Gasteiger partial charge in [-0.25, -0.2) is 4.39 Å². The summed E-state index contributed by atoms with van der Waals surface area (Å²) in [5, 5.41) is 2.89. The van der Waals surface area contributed by atoms with Crippen LogP contribution in [0.2, 0.25) is 0 Å². The van der Waals surface area contributed by atoms with Crippen molar-refractivity contribution >= 4 is 17.5 Å². The highest BCUT2D eigenvalue weighted by Gasteiger charge is 2.48. The smallest absolute Gasteiger partial charge is 0.253 e. The van der Waals surface area contributed by atoms with Gasteiger partial charge in [0.25, 0.3) is 5.91 Å². The molecule has 1 heterocycles. The average Bonchev–Trinajstić information content (AvgIpc) is 2.50. The van der Waals surface area contributed by atoms with Gasteiger partial charge in [0.15, 0.2) is 0 Å². The molecule has 0 spiro atoms. The van der Waals surface area contributed by atoms with Crippen LogP contribution in [-0.2, 0) is 9.59 Å². The van der Waals surface area contributed by atoms with Crippen molar-refractivity contribution in [2.45, 2.75) is 51.6 Å². The van der Waals surface area contributed by atoms with Crippen molar-refractivity contribution in [3.8, 4) is 0 Å². The lowest BCUT2D eigenvalue weighted by Gasteiger charge is -2.45. The molecule has 0 aromatic heterocycles. The SMILES string of the molecule is CCC1C(=O)NC(CC)(CC)C(=O)N1c1ccc(F)cc1. The number of piperazine rings is 1. The fourth-order valence-electron chi connectivity index (χ4n) is 2.86. The van der Waals surface area contributed by atoms with Crippen LogP contribution in [0.15, 0.2) is 24.3 Å². The molecule has 1 atom stereocenters. The first-order chi connectivity index (χ1) is 9.99. The van der Waals surface area contributed by atoms with Crippen molar-refractivity contribution in [3.05, 3.63) is 30.1 Å². The number of nitrogens with one attached hydrogen (secondary N) is 1. The zero-order valence-electron chi connectivity index (χ0n) is 12.6. The van der Waals surface area contributed by atoms with Gasteiger partial charge in [-0.2, -0.15) is 0 Å². The van der Waals surface area contributed by atoms with Crippen LogP contribution >= 0.6 is 0 Å². The molecule has 1 unspecified atom stereocenters. The Hall–Kier alpha value is -1.91. The molecule has 1 aliphatic heterocycles. The van der Waals surface area contributed by atoms with E-state index < -0.39 is 11.6 Å². The lowest BCUT2D eigenvalue weighted by molar-refractivity contribution is -0.138. The van der Waals surface area contributed by atoms with E-state index in [0.717, 1.165) is 0 Å². The predicted molar refractivity (Wildman–Crippen MR) is 79.4 cm³/mol. The van der Waals surface area contributed by atoms with Crippen LogP contribution in [0.1, 0.15) is 40.0 Å². The maximum atomic E-state index is 13.1. The summed E-state index contributed by atoms with van der Waals surface area (Å²) >= 11 is 0. The van der Waals surface area contributed by atoms with E-state index in [4.69, 9.17) is 0 Å². The minimum Gasteiger partial charge on any atom is -0.340 e. The molecule has 1 aliphatic rings. The largest absolute Gasteiger partial charge is 0.340 e. The normalized spacial score (nSPS) is 21.3. The summed E-state index contributed by atoms with van der Waals surface area (Å²) in [6.07, 6.45) is 1.57. The van der Waals surface area contributed by atoms with Gasteiger partial charge in [0.05, 0.1) is 0 Å². The van der Waals surface area contributed by atoms with Crippen LogP contribution < -0.4 is 10.2 Å². The summed E-state index contributed by atoms with van der Waals surface area (Å²) in [6.45, 7) is 5.63. The van der Waals surface area contributed by atoms with Crippen LogP contribution in [0.4, 0.5) is 10.1 Å². The first-order valence-electron chi connectivity index (χ1n) is 7.40. The summed E-state index contributed by atoms with van der Waals surface area (Å²) in [4.78, 5) is 26.8. The van der Waals surface area contributed by atoms with Crippen molar-refractivity contribution in [2.75, 3.05) is 4.90 Å². The topological polar surface area (TPSA) is 49.4 Å². The molecule has 2 amide bonds. The van der Waals surface area contributed by atoms with E-state index in [0.29, 0.717) is 24.9 Å². The number of rotatable bonds is 4. The van der Waals surface area contributed by atoms with E-state index in [1.54, 1.807) is 12.1 Å². The van der Waals surface area contributed by atoms with Crippen LogP contribution in [0, 0.1) is 5.82 Å². The zero-order chi connectivity index (χ0) is 15.6. The number of amides is 2. The molecule has 0 aliphatic carbocycles. The fraction of sp³-hybridized carbons (Fsp3) is 0.500. The third-order valence-corrected chi connectivity index (χ3v) is 4.30. The Morgan fingerprint density at radius 2 is 1.71 bits per heavy atom. The summed E-state index contributed by atoms with van der Waals surface area (Å²) in [5.41, 5.74) is -0.300. The third kappa shape index (κ3) is 2.52. The number of hydrogen-bond donors (Lipinski definition) is 1. The molecule has 1 saturated heterocycles. The van der Waals surface area contributed by atoms with Crippen molar-refractivity contribution in [1.29, 1.82) is 0 Å². The number of carbonyl (C=O) groups excluding carboxylic acids is 2. The number of benzene rings is 1. The zero-order valence-corrected chi connectivity index (χ0v) is 12.6. The van der Waals surface area contributed by atoms with Gasteiger partial charge >= 0.3 is 0 Å². The molecule has 1 aromatic carbocycles. The molecular weight excluding hydrogens is 271 g/mol. The summed E-state index contributed by atoms with van der Waals surface area (Å²) in [6, 6.07) is 5.16. The van der Waals surface area contributed by atoms with E-state index in [1.165, 1.54) is 17.0 Å². The summed E-state index contributed by atoms with van der Waals surface area (Å²) in [5.74, 6) is -0.631. The van der Waals surface area contributed by atoms with Gasteiger partial charge in [-0.15, -0.1) is 0 Å². The maximum Gasteiger partial charge on any atom is 0.253 e. The Morgan fingerprint density at radius 1 is 1.14 bits per heavy atom. The van der Waals surface area contributed by atoms with Gasteiger partial charge in [0.1, 0.15) is 17.4 Å². The second-order valence-electron chi connectivity index (χ2n) is 5.35. The van der Waals surface area contributed by atoms with Crippen molar-refractivity contribution in [2.24, 2.45) is 0 Å². The summed E-state index contributed by atoms with van der Waals surface area (Å²) < 4.78 is 13.1. The molecule has 1 aromatic rings. The molecule has 0 radical (unpaired) electrons. The van der Waals surface area contributed by atoms with Crippen LogP contribution in [-0.4, -0.2) is 23.4 Å². The van der Waals surface area contributed by atoms with E-state index in [2.05, 4.69) is 5.32 Å². The molecule has 5 heteroatoms. The first-order valence-corrected chi connectivity index (χ1v) is 7.40. The number of hydrogen-bond acceptors (Lipinski definition) is 2. The molecule has 4 nitrogen and oxygen atoms in total. The molecular formula is C16H21FN2O2. The second-order valence-corrected chi connectivity index (χ2v) is 5.35. The predicted octanol–water partition coefficient (Wildman–Crippen LogP) is 2.63. The average molecular weight is 292 g/mol. The molecule has 0 saturated carbocycles. The monoisotopic (exact) mass is 292 g/mol. The highest BCUT2D eigenvalue weighted by molar-refractivity contribution is 6.10. The molecule has 1 N–H and O–H groups in total. The molecule has 1 fully saturated rings. The Morgan fingerprint density at radius 3 is 2.19 bits per heavy atom. The maximum absolute atomic E-state index is 13.1. The number of nitrogens with zero attached hydrogens (tertiary/aromatic N) is 1. The van der Waals surface area contributed by atoms with Gasteiger partial charge in [0, 0.05) is 5.69 Å². The van der Waals surface area contributed by atoms with Crippen molar-refractivity contribution in [3.63, 3.8) is 0 Å². The van der Waals surface area contributed by atoms with Gasteiger partial charge in [-0.05, 0) is 43.5 Å². The number of halogens is 1. The Bertz CT molecular complexity index is 538. The van der Waals surface area contributed by atoms with Gasteiger partial charge in [0.2, 0.25) is 5.91 Å². The fourth-order valence-corrected chi connectivity index (χ4v) is 2.86. The number of anilines is 1. The third-order valence-electron chi connectivity index (χ3n) is 4.30. The van der Waals surface area contributed by atoms with Gasteiger partial charge in [-0.3, -0.25) is 14.5 Å². The van der Waals surface area contributed by atoms with E-state index in [-0.39, 0.29) is 17.6 Å². The lowest BCUT2D eigenvalue weighted by atomic mass is 9.86. The Kier molecular flexibility index (Phi) is 4.30. The second kappa shape index (κ2) is 5.84. The molecule has 114 valence electrons. The minimum atomic E-state index is -0.864. The number of carbonyl (C=O) groups is 2. The quantitative estimate of drug-likeness (QED) is 0.927. The molecule has 2 rings (SSSR count). The van der Waals surface area contributed by atoms with E-state index in [1.807, 2.05) is 20.8 Å². The van der Waals surface area contributed by atoms with Crippen LogP contribution in [0.3, 0.4) is 0 Å². The minimum absolute atomic E-state index is 0.120. The highest BCUT2D eigenvalue weighted by atomic mass is 19.1. The van der Waals surface area contributed by atoms with Crippen LogP contribution in [0.5, 0.6) is 0 Å². The van der Waals surface area contributed by atoms with Gasteiger partial charge < -0.3 is 5.32 Å². The van der Waals surface area contributed by atoms with Gasteiger partial charge in [-0.1, -0.05) is 20.8 Å². The Labute approximate surface area is 124 Å². The van der Waals surface area contributed by atoms with Crippen molar-refractivity contribution in [1.82, 2.24) is 5.32 Å². The lowest BCUT2D eigenvalue weighted by Crippen LogP contribution is -2.70. The Balaban J connectivity index is 2.49. The van der Waals surface area contributed by atoms with E-state index >= 15 is 0 Å². The standard InChI is InChI=1S/C16H21FN2O2/c1-4-13-14(20)18-16(5-2,6-3)15(21)19(13)12-9-7-11(17)8-10-12/h7-10,13H,4-6H2,1-3H3,(H,18,20). The first kappa shape index (κ1) is 15.5. The molecule has 21 heavy (non-hydrogen) atoms. The highest BCUT2D eigenvalue weighted by Crippen LogP contribution is 2.30. The van der Waals surface area contributed by atoms with E-state index in [9.17, 15) is 14.0 Å². The summed E-state index contributed by atoms with van der Waals surface area (Å²) in [7, 11) is 0.